The van der Waals surface area contributed by atoms with Crippen LogP contribution in [0.2, 0.25) is 0 Å². The number of imidazole rings is 1. The summed E-state index contributed by atoms with van der Waals surface area (Å²) in [6, 6.07) is 35.8. The zero-order valence-corrected chi connectivity index (χ0v) is 27.6. The Bertz CT molecular complexity index is 1990. The topological polar surface area (TPSA) is 92.3 Å². The normalized spacial score (nSPS) is 14.0. The molecule has 7 rings (SSSR count). The van der Waals surface area contributed by atoms with Crippen molar-refractivity contribution in [1.29, 1.82) is 0 Å². The number of nitrogens with one attached hydrogen (secondary N) is 1. The Labute approximate surface area is 282 Å². The summed E-state index contributed by atoms with van der Waals surface area (Å²) in [5.74, 6) is 2.03. The number of pyridine rings is 1. The first-order chi connectivity index (χ1) is 23.5. The largest absolute Gasteiger partial charge is 0.367 e. The molecule has 1 aliphatic heterocycles. The summed E-state index contributed by atoms with van der Waals surface area (Å²) in [5, 5.41) is 5.89. The Hall–Kier alpha value is -5.05. The van der Waals surface area contributed by atoms with Gasteiger partial charge < -0.3 is 20.5 Å². The van der Waals surface area contributed by atoms with Crippen LogP contribution in [-0.2, 0) is 37.8 Å². The van der Waals surface area contributed by atoms with Gasteiger partial charge in [0.25, 0.3) is 0 Å². The molecule has 244 valence electrons. The van der Waals surface area contributed by atoms with E-state index in [1.807, 2.05) is 29.3 Å². The van der Waals surface area contributed by atoms with Crippen molar-refractivity contribution in [2.45, 2.75) is 44.8 Å². The Balaban J connectivity index is 1.11. The van der Waals surface area contributed by atoms with Gasteiger partial charge >= 0.3 is 0 Å². The molecule has 1 amide bonds. The molecule has 8 heteroatoms. The van der Waals surface area contributed by atoms with Crippen molar-refractivity contribution in [3.63, 3.8) is 0 Å². The predicted octanol–water partition coefficient (Wildman–Crippen LogP) is 6.48. The molecule has 0 saturated carbocycles. The van der Waals surface area contributed by atoms with Crippen molar-refractivity contribution in [2.24, 2.45) is 12.8 Å². The maximum absolute atomic E-state index is 14.3. The number of likely N-dealkylation sites (tertiary alicyclic amines) is 1. The van der Waals surface area contributed by atoms with Crippen LogP contribution in [0.5, 0.6) is 0 Å². The summed E-state index contributed by atoms with van der Waals surface area (Å²) < 4.78 is 2.17. The molecule has 0 aliphatic carbocycles. The van der Waals surface area contributed by atoms with Crippen molar-refractivity contribution < 1.29 is 4.79 Å². The van der Waals surface area contributed by atoms with Gasteiger partial charge in [-0.3, -0.25) is 9.69 Å². The van der Waals surface area contributed by atoms with E-state index in [1.165, 1.54) is 16.3 Å². The van der Waals surface area contributed by atoms with Crippen LogP contribution in [0.1, 0.15) is 35.4 Å². The quantitative estimate of drug-likeness (QED) is 0.169. The van der Waals surface area contributed by atoms with E-state index < -0.39 is 0 Å². The van der Waals surface area contributed by atoms with E-state index in [1.54, 1.807) is 0 Å². The van der Waals surface area contributed by atoms with E-state index in [4.69, 9.17) is 10.7 Å². The van der Waals surface area contributed by atoms with Crippen molar-refractivity contribution in [1.82, 2.24) is 19.4 Å². The first-order valence-electron chi connectivity index (χ1n) is 16.9. The Morgan fingerprint density at radius 1 is 0.896 bits per heavy atom. The minimum Gasteiger partial charge on any atom is -0.367 e. The number of nitrogens with zero attached hydrogens (tertiary/aromatic N) is 5. The number of hydrogen-bond donors (Lipinski definition) is 2. The van der Waals surface area contributed by atoms with Gasteiger partial charge in [-0.1, -0.05) is 72.8 Å². The average Bonchev–Trinajstić information content (AvgIpc) is 3.45. The average molecular weight is 638 g/mol. The van der Waals surface area contributed by atoms with Gasteiger partial charge in [0, 0.05) is 51.0 Å². The highest BCUT2D eigenvalue weighted by Gasteiger charge is 2.25. The van der Waals surface area contributed by atoms with Crippen LogP contribution < -0.4 is 16.0 Å². The van der Waals surface area contributed by atoms with E-state index in [2.05, 4.69) is 112 Å². The molecular weight excluding hydrogens is 594 g/mol. The van der Waals surface area contributed by atoms with Crippen LogP contribution >= 0.6 is 0 Å². The molecule has 1 saturated heterocycles. The first-order valence-corrected chi connectivity index (χ1v) is 16.9. The molecular formula is C40H43N7O. The van der Waals surface area contributed by atoms with Gasteiger partial charge in [0.15, 0.2) is 0 Å². The molecule has 0 atom stereocenters. The van der Waals surface area contributed by atoms with Crippen molar-refractivity contribution in [2.75, 3.05) is 29.9 Å². The molecule has 1 fully saturated rings. The van der Waals surface area contributed by atoms with Crippen molar-refractivity contribution >= 4 is 39.2 Å². The summed E-state index contributed by atoms with van der Waals surface area (Å²) in [6.07, 6.45) is 5.47. The molecule has 8 nitrogen and oxygen atoms in total. The smallest absolute Gasteiger partial charge is 0.241 e. The lowest BCUT2D eigenvalue weighted by Crippen LogP contribution is -2.45. The maximum atomic E-state index is 14.3. The number of aryl methyl sites for hydroxylation is 3. The standard InChI is InChI=1S/C40H43N7O/c1-45-37-18-17-34(25-36(37)44-39(45)19-16-29-12-14-30(26-41)15-13-29)47(27-32-9-6-8-31-7-2-3-10-35(31)32)40(48)28-46-23-20-33(21-24-46)43-38-11-4-5-22-42-38/h2-15,17-18,22,25,33H,16,19-21,23-24,26-28,41H2,1H3,(H,42,43). The van der Waals surface area contributed by atoms with Crippen LogP contribution in [0.15, 0.2) is 109 Å². The van der Waals surface area contributed by atoms with E-state index in [9.17, 15) is 4.79 Å². The van der Waals surface area contributed by atoms with E-state index in [0.717, 1.165) is 78.3 Å². The fourth-order valence-corrected chi connectivity index (χ4v) is 6.82. The Morgan fingerprint density at radius 3 is 2.46 bits per heavy atom. The summed E-state index contributed by atoms with van der Waals surface area (Å²) >= 11 is 0. The highest BCUT2D eigenvalue weighted by atomic mass is 16.2. The molecule has 0 spiro atoms. The third-order valence-electron chi connectivity index (χ3n) is 9.64. The summed E-state index contributed by atoms with van der Waals surface area (Å²) in [5.41, 5.74) is 12.1. The zero-order valence-electron chi connectivity index (χ0n) is 27.6. The van der Waals surface area contributed by atoms with Crippen molar-refractivity contribution in [3.8, 4) is 0 Å². The predicted molar refractivity (Wildman–Crippen MR) is 195 cm³/mol. The molecule has 48 heavy (non-hydrogen) atoms. The number of amides is 1. The van der Waals surface area contributed by atoms with Gasteiger partial charge in [0.1, 0.15) is 11.6 Å². The molecule has 0 radical (unpaired) electrons. The summed E-state index contributed by atoms with van der Waals surface area (Å²) in [6.45, 7) is 3.12. The number of aromatic nitrogens is 3. The summed E-state index contributed by atoms with van der Waals surface area (Å²) in [7, 11) is 2.08. The number of carbonyl (C=O) groups excluding carboxylic acids is 1. The minimum atomic E-state index is 0.0931. The van der Waals surface area contributed by atoms with E-state index in [0.29, 0.717) is 25.7 Å². The summed E-state index contributed by atoms with van der Waals surface area (Å²) in [4.78, 5) is 28.0. The second-order valence-electron chi connectivity index (χ2n) is 12.8. The number of benzene rings is 4. The lowest BCUT2D eigenvalue weighted by Gasteiger charge is -2.34. The van der Waals surface area contributed by atoms with Gasteiger partial charge in [-0.2, -0.15) is 0 Å². The second kappa shape index (κ2) is 14.4. The van der Waals surface area contributed by atoms with Crippen LogP contribution in [0.25, 0.3) is 21.8 Å². The van der Waals surface area contributed by atoms with Gasteiger partial charge in [-0.25, -0.2) is 9.97 Å². The Kier molecular flexibility index (Phi) is 9.45. The van der Waals surface area contributed by atoms with Gasteiger partial charge in [-0.05, 0) is 77.1 Å². The lowest BCUT2D eigenvalue weighted by atomic mass is 10.0. The highest BCUT2D eigenvalue weighted by Crippen LogP contribution is 2.28. The molecule has 3 N–H and O–H groups in total. The van der Waals surface area contributed by atoms with Gasteiger partial charge in [-0.15, -0.1) is 0 Å². The van der Waals surface area contributed by atoms with Crippen LogP contribution in [0.4, 0.5) is 11.5 Å². The first kappa shape index (κ1) is 31.5. The third-order valence-corrected chi connectivity index (χ3v) is 9.64. The molecule has 6 aromatic rings. The minimum absolute atomic E-state index is 0.0931. The number of carbonyl (C=O) groups is 1. The fraction of sp³-hybridized carbons (Fsp3) is 0.275. The maximum Gasteiger partial charge on any atom is 0.241 e. The monoisotopic (exact) mass is 637 g/mol. The fourth-order valence-electron chi connectivity index (χ4n) is 6.82. The van der Waals surface area contributed by atoms with Gasteiger partial charge in [0.05, 0.1) is 24.1 Å². The SMILES string of the molecule is Cn1c(CCc2ccc(CN)cc2)nc2cc(N(Cc3cccc4ccccc34)C(=O)CN3CCC(Nc4ccccn4)CC3)ccc21. The third kappa shape index (κ3) is 7.10. The zero-order chi connectivity index (χ0) is 32.9. The van der Waals surface area contributed by atoms with Crippen LogP contribution in [0.3, 0.4) is 0 Å². The number of rotatable bonds is 11. The van der Waals surface area contributed by atoms with Crippen LogP contribution in [0, 0.1) is 0 Å². The molecule has 1 aliphatic rings. The van der Waals surface area contributed by atoms with E-state index in [-0.39, 0.29) is 5.91 Å². The highest BCUT2D eigenvalue weighted by molar-refractivity contribution is 5.97. The van der Waals surface area contributed by atoms with Crippen LogP contribution in [-0.4, -0.2) is 51.0 Å². The molecule has 4 aromatic carbocycles. The van der Waals surface area contributed by atoms with Crippen molar-refractivity contribution in [3.05, 3.63) is 132 Å². The van der Waals surface area contributed by atoms with E-state index >= 15 is 0 Å². The Morgan fingerprint density at radius 2 is 1.67 bits per heavy atom. The second-order valence-corrected chi connectivity index (χ2v) is 12.8. The molecule has 0 unspecified atom stereocenters. The lowest BCUT2D eigenvalue weighted by molar-refractivity contribution is -0.120. The molecule has 0 bridgehead atoms. The number of fused-ring (bicyclic) bond motifs is 2. The number of piperidine rings is 1. The molecule has 3 heterocycles. The molecule has 2 aromatic heterocycles. The number of hydrogen-bond acceptors (Lipinski definition) is 6. The number of nitrogens with two attached hydrogens (primary N) is 1. The van der Waals surface area contributed by atoms with Gasteiger partial charge in [0.2, 0.25) is 5.91 Å². The number of anilines is 2.